The minimum atomic E-state index is 0.333. The van der Waals surface area contributed by atoms with Gasteiger partial charge in [0.1, 0.15) is 0 Å². The molecular formula is C10H16ClN3. The molecule has 14 heavy (non-hydrogen) atoms. The van der Waals surface area contributed by atoms with Crippen molar-refractivity contribution in [3.05, 3.63) is 16.9 Å². The van der Waals surface area contributed by atoms with E-state index in [-0.39, 0.29) is 0 Å². The molecule has 2 rings (SSSR count). The smallest absolute Gasteiger partial charge is 0.0820 e. The van der Waals surface area contributed by atoms with Crippen LogP contribution in [-0.4, -0.2) is 15.8 Å². The summed E-state index contributed by atoms with van der Waals surface area (Å²) in [6, 6.07) is 0.333. The van der Waals surface area contributed by atoms with E-state index in [1.807, 2.05) is 11.7 Å². The average Bonchev–Trinajstić information content (AvgIpc) is 2.46. The van der Waals surface area contributed by atoms with E-state index in [9.17, 15) is 0 Å². The third kappa shape index (κ3) is 1.79. The van der Waals surface area contributed by atoms with E-state index in [4.69, 9.17) is 17.3 Å². The first-order valence-corrected chi connectivity index (χ1v) is 5.49. The van der Waals surface area contributed by atoms with Crippen molar-refractivity contribution in [2.24, 2.45) is 12.8 Å². The molecule has 3 nitrogen and oxygen atoms in total. The zero-order chi connectivity index (χ0) is 10.1. The van der Waals surface area contributed by atoms with E-state index in [1.54, 1.807) is 6.20 Å². The van der Waals surface area contributed by atoms with Gasteiger partial charge in [-0.25, -0.2) is 0 Å². The van der Waals surface area contributed by atoms with Crippen LogP contribution in [0.15, 0.2) is 6.20 Å². The molecule has 1 fully saturated rings. The second-order valence-electron chi connectivity index (χ2n) is 4.12. The lowest BCUT2D eigenvalue weighted by Crippen LogP contribution is -2.27. The van der Waals surface area contributed by atoms with Crippen molar-refractivity contribution in [1.29, 1.82) is 0 Å². The highest BCUT2D eigenvalue weighted by molar-refractivity contribution is 6.31. The van der Waals surface area contributed by atoms with Crippen LogP contribution < -0.4 is 5.73 Å². The molecule has 1 aromatic heterocycles. The molecule has 1 saturated carbocycles. The van der Waals surface area contributed by atoms with E-state index < -0.39 is 0 Å². The minimum Gasteiger partial charge on any atom is -0.328 e. The van der Waals surface area contributed by atoms with Gasteiger partial charge in [0.25, 0.3) is 0 Å². The summed E-state index contributed by atoms with van der Waals surface area (Å²) in [5.74, 6) is 0.499. The molecule has 0 aliphatic heterocycles. The molecule has 2 N–H and O–H groups in total. The molecule has 0 amide bonds. The highest BCUT2D eigenvalue weighted by atomic mass is 35.5. The Bertz CT molecular complexity index is 302. The molecule has 0 radical (unpaired) electrons. The summed E-state index contributed by atoms with van der Waals surface area (Å²) in [6.07, 6.45) is 6.29. The Hall–Kier alpha value is -0.540. The first-order valence-electron chi connectivity index (χ1n) is 5.11. The molecule has 78 valence electrons. The van der Waals surface area contributed by atoms with Crippen LogP contribution in [0.3, 0.4) is 0 Å². The van der Waals surface area contributed by atoms with Gasteiger partial charge >= 0.3 is 0 Å². The second kappa shape index (κ2) is 3.91. The van der Waals surface area contributed by atoms with Crippen molar-refractivity contribution in [2.45, 2.75) is 37.6 Å². The van der Waals surface area contributed by atoms with Gasteiger partial charge in [-0.1, -0.05) is 18.0 Å². The summed E-state index contributed by atoms with van der Waals surface area (Å²) in [5.41, 5.74) is 7.11. The molecule has 2 atom stereocenters. The maximum absolute atomic E-state index is 6.10. The van der Waals surface area contributed by atoms with E-state index in [2.05, 4.69) is 5.10 Å². The normalized spacial score (nSPS) is 27.9. The lowest BCUT2D eigenvalue weighted by Gasteiger charge is -2.26. The predicted molar refractivity (Wildman–Crippen MR) is 57.4 cm³/mol. The van der Waals surface area contributed by atoms with E-state index in [0.717, 1.165) is 23.6 Å². The van der Waals surface area contributed by atoms with Crippen LogP contribution in [0.25, 0.3) is 0 Å². The van der Waals surface area contributed by atoms with Crippen molar-refractivity contribution in [2.75, 3.05) is 0 Å². The molecule has 1 heterocycles. The lowest BCUT2D eigenvalue weighted by molar-refractivity contribution is 0.380. The Morgan fingerprint density at radius 3 is 2.93 bits per heavy atom. The van der Waals surface area contributed by atoms with Crippen molar-refractivity contribution in [3.63, 3.8) is 0 Å². The summed E-state index contributed by atoms with van der Waals surface area (Å²) >= 11 is 6.10. The van der Waals surface area contributed by atoms with Gasteiger partial charge in [0.15, 0.2) is 0 Å². The van der Waals surface area contributed by atoms with Crippen LogP contribution in [0.5, 0.6) is 0 Å². The first kappa shape index (κ1) is 9.99. The summed E-state index contributed by atoms with van der Waals surface area (Å²) in [4.78, 5) is 0. The molecule has 4 heteroatoms. The molecule has 0 aromatic carbocycles. The molecular weight excluding hydrogens is 198 g/mol. The fourth-order valence-corrected chi connectivity index (χ4v) is 2.68. The van der Waals surface area contributed by atoms with Crippen molar-refractivity contribution >= 4 is 11.6 Å². The molecule has 0 saturated heterocycles. The molecule has 1 aliphatic carbocycles. The first-order chi connectivity index (χ1) is 6.68. The van der Waals surface area contributed by atoms with Crippen LogP contribution >= 0.6 is 11.6 Å². The lowest BCUT2D eigenvalue weighted by atomic mass is 9.84. The highest BCUT2D eigenvalue weighted by Gasteiger charge is 2.24. The van der Waals surface area contributed by atoms with Gasteiger partial charge in [-0.05, 0) is 19.3 Å². The summed E-state index contributed by atoms with van der Waals surface area (Å²) in [6.45, 7) is 0. The molecule has 0 spiro atoms. The number of aromatic nitrogens is 2. The number of hydrogen-bond acceptors (Lipinski definition) is 2. The fourth-order valence-electron chi connectivity index (χ4n) is 2.36. The Balaban J connectivity index is 2.21. The average molecular weight is 214 g/mol. The number of nitrogens with two attached hydrogens (primary N) is 1. The quantitative estimate of drug-likeness (QED) is 0.776. The van der Waals surface area contributed by atoms with Crippen molar-refractivity contribution in [3.8, 4) is 0 Å². The number of aryl methyl sites for hydroxylation is 1. The predicted octanol–water partition coefficient (Wildman–Crippen LogP) is 2.06. The van der Waals surface area contributed by atoms with Gasteiger partial charge < -0.3 is 5.73 Å². The zero-order valence-electron chi connectivity index (χ0n) is 8.41. The SMILES string of the molecule is Cn1ncc(Cl)c1C1CCCC(N)C1. The molecule has 1 aliphatic rings. The maximum Gasteiger partial charge on any atom is 0.0820 e. The van der Waals surface area contributed by atoms with E-state index in [1.165, 1.54) is 12.8 Å². The third-order valence-corrected chi connectivity index (χ3v) is 3.33. The number of nitrogens with zero attached hydrogens (tertiary/aromatic N) is 2. The number of hydrogen-bond donors (Lipinski definition) is 1. The summed E-state index contributed by atoms with van der Waals surface area (Å²) < 4.78 is 1.88. The largest absolute Gasteiger partial charge is 0.328 e. The summed E-state index contributed by atoms with van der Waals surface area (Å²) in [5, 5.41) is 4.94. The highest BCUT2D eigenvalue weighted by Crippen LogP contribution is 2.35. The van der Waals surface area contributed by atoms with Crippen LogP contribution in [0.2, 0.25) is 5.02 Å². The summed E-state index contributed by atoms with van der Waals surface area (Å²) in [7, 11) is 1.95. The Morgan fingerprint density at radius 2 is 2.36 bits per heavy atom. The number of rotatable bonds is 1. The van der Waals surface area contributed by atoms with Crippen LogP contribution in [0.1, 0.15) is 37.3 Å². The van der Waals surface area contributed by atoms with Crippen LogP contribution in [-0.2, 0) is 7.05 Å². The minimum absolute atomic E-state index is 0.333. The Kier molecular flexibility index (Phi) is 2.79. The number of halogens is 1. The topological polar surface area (TPSA) is 43.8 Å². The van der Waals surface area contributed by atoms with Crippen LogP contribution in [0.4, 0.5) is 0 Å². The van der Waals surface area contributed by atoms with Gasteiger partial charge in [-0.15, -0.1) is 0 Å². The van der Waals surface area contributed by atoms with Gasteiger partial charge in [-0.2, -0.15) is 5.10 Å². The zero-order valence-corrected chi connectivity index (χ0v) is 9.17. The molecule has 2 unspecified atom stereocenters. The monoisotopic (exact) mass is 213 g/mol. The standard InChI is InChI=1S/C10H16ClN3/c1-14-10(9(11)6-13-14)7-3-2-4-8(12)5-7/h6-8H,2-5,12H2,1H3. The van der Waals surface area contributed by atoms with E-state index >= 15 is 0 Å². The maximum atomic E-state index is 6.10. The fraction of sp³-hybridized carbons (Fsp3) is 0.700. The van der Waals surface area contributed by atoms with Gasteiger partial charge in [0.05, 0.1) is 16.9 Å². The van der Waals surface area contributed by atoms with Crippen molar-refractivity contribution in [1.82, 2.24) is 9.78 Å². The molecule has 1 aromatic rings. The Morgan fingerprint density at radius 1 is 1.57 bits per heavy atom. The third-order valence-electron chi connectivity index (χ3n) is 3.04. The van der Waals surface area contributed by atoms with E-state index in [0.29, 0.717) is 12.0 Å². The Labute approximate surface area is 89.2 Å². The van der Waals surface area contributed by atoms with Crippen molar-refractivity contribution < 1.29 is 0 Å². The van der Waals surface area contributed by atoms with Gasteiger partial charge in [0, 0.05) is 19.0 Å². The van der Waals surface area contributed by atoms with Crippen LogP contribution in [0, 0.1) is 0 Å². The second-order valence-corrected chi connectivity index (χ2v) is 4.53. The van der Waals surface area contributed by atoms with Gasteiger partial charge in [0.2, 0.25) is 0 Å². The van der Waals surface area contributed by atoms with Gasteiger partial charge in [-0.3, -0.25) is 4.68 Å². The molecule has 0 bridgehead atoms.